The third kappa shape index (κ3) is 17.5. The Morgan fingerprint density at radius 3 is 0.968 bits per heavy atom. The van der Waals surface area contributed by atoms with Gasteiger partial charge in [-0.1, -0.05) is 24.3 Å². The van der Waals surface area contributed by atoms with Gasteiger partial charge < -0.3 is 18.1 Å². The van der Waals surface area contributed by atoms with Gasteiger partial charge in [-0.25, -0.2) is 0 Å². The standard InChI is InChI=1S/C16H28O6P2.3CO.Cr/c1-5-19-23(17,20-6-2)13-15-9-11-16(12-10-15)14-24(18,21-7-3)22-8-4;3*1-2;/h9-12H,5-8,13-14H2,1-4H3;;;;. The minimum absolute atomic E-state index is 0. The van der Waals surface area contributed by atoms with Gasteiger partial charge in [0.25, 0.3) is 0 Å². The molecule has 0 bridgehead atoms. The summed E-state index contributed by atoms with van der Waals surface area (Å²) < 4.78 is 68.8. The molecule has 0 fully saturated rings. The second-order valence-corrected chi connectivity index (χ2v) is 9.13. The molecule has 0 aromatic heterocycles. The minimum Gasteiger partial charge on any atom is 0 e. The van der Waals surface area contributed by atoms with Crippen LogP contribution in [0.1, 0.15) is 38.8 Å². The van der Waals surface area contributed by atoms with Crippen molar-refractivity contribution < 1.29 is 58.5 Å². The van der Waals surface area contributed by atoms with Crippen LogP contribution >= 0.6 is 15.2 Å². The molecule has 0 aliphatic rings. The maximum Gasteiger partial charge on any atom is 0 e. The van der Waals surface area contributed by atoms with Gasteiger partial charge in [-0.3, -0.25) is 9.13 Å². The molecule has 1 rings (SSSR count). The molecule has 1 aromatic carbocycles. The van der Waals surface area contributed by atoms with E-state index in [9.17, 15) is 9.13 Å². The van der Waals surface area contributed by atoms with Crippen LogP contribution in [-0.2, 0) is 70.9 Å². The normalized spacial score (nSPS) is 9.87. The molecule has 0 unspecified atom stereocenters. The first-order valence-electron chi connectivity index (χ1n) is 8.85. The van der Waals surface area contributed by atoms with E-state index in [-0.39, 0.29) is 29.7 Å². The molecule has 0 atom stereocenters. The molecule has 0 heterocycles. The van der Waals surface area contributed by atoms with Crippen LogP contribution in [0.5, 0.6) is 0 Å². The maximum absolute atomic E-state index is 12.5. The summed E-state index contributed by atoms with van der Waals surface area (Å²) in [5, 5.41) is 0. The number of rotatable bonds is 12. The van der Waals surface area contributed by atoms with E-state index in [2.05, 4.69) is 20.0 Å². The molecule has 12 heteroatoms. The van der Waals surface area contributed by atoms with Crippen LogP contribution < -0.4 is 0 Å². The molecule has 0 amide bonds. The predicted molar refractivity (Wildman–Crippen MR) is 107 cm³/mol. The van der Waals surface area contributed by atoms with E-state index in [1.807, 2.05) is 24.3 Å². The van der Waals surface area contributed by atoms with Crippen molar-refractivity contribution in [2.45, 2.75) is 40.0 Å². The first kappa shape index (κ1) is 37.6. The summed E-state index contributed by atoms with van der Waals surface area (Å²) in [6.07, 6.45) is 0.424. The average Bonchev–Trinajstić information content (AvgIpc) is 2.74. The van der Waals surface area contributed by atoms with Crippen LogP contribution in [0, 0.1) is 20.0 Å². The molecule has 0 spiro atoms. The molecular weight excluding hydrogens is 486 g/mol. The molecule has 0 aliphatic heterocycles. The first-order chi connectivity index (χ1) is 14.4. The summed E-state index contributed by atoms with van der Waals surface area (Å²) in [7, 11) is -6.25. The Labute approximate surface area is 195 Å². The number of benzene rings is 1. The largest absolute Gasteiger partial charge is 0 e. The van der Waals surface area contributed by atoms with E-state index < -0.39 is 15.2 Å². The van der Waals surface area contributed by atoms with Gasteiger partial charge in [0.2, 0.25) is 0 Å². The molecule has 1 aromatic rings. The first-order valence-corrected chi connectivity index (χ1v) is 12.3. The zero-order valence-corrected chi connectivity index (χ0v) is 21.1. The molecular formula is C19H28CrO9P2. The summed E-state index contributed by atoms with van der Waals surface area (Å²) in [6.45, 7) is 22.0. The van der Waals surface area contributed by atoms with Crippen LogP contribution in [0.25, 0.3) is 0 Å². The van der Waals surface area contributed by atoms with Gasteiger partial charge in [0.1, 0.15) is 0 Å². The smallest absolute Gasteiger partial charge is 0 e. The fourth-order valence-corrected chi connectivity index (χ4v) is 5.65. The van der Waals surface area contributed by atoms with Gasteiger partial charge in [-0.15, -0.1) is 0 Å². The monoisotopic (exact) mass is 514 g/mol. The van der Waals surface area contributed by atoms with E-state index in [4.69, 9.17) is 32.1 Å². The summed E-state index contributed by atoms with van der Waals surface area (Å²) in [5.41, 5.74) is 1.68. The zero-order chi connectivity index (χ0) is 24.1. The average molecular weight is 514 g/mol. The minimum atomic E-state index is -3.12. The van der Waals surface area contributed by atoms with Gasteiger partial charge in [0, 0.05) is 17.4 Å². The van der Waals surface area contributed by atoms with Crippen molar-refractivity contribution in [3.63, 3.8) is 0 Å². The van der Waals surface area contributed by atoms with Crippen molar-refractivity contribution in [2.24, 2.45) is 0 Å². The Hall–Kier alpha value is -0.728. The Morgan fingerprint density at radius 2 is 0.806 bits per heavy atom. The molecule has 0 aliphatic carbocycles. The van der Waals surface area contributed by atoms with Crippen molar-refractivity contribution >= 4 is 15.2 Å². The predicted octanol–water partition coefficient (Wildman–Crippen LogP) is 5.10. The Balaban J connectivity index is -0.000000477. The van der Waals surface area contributed by atoms with E-state index >= 15 is 0 Å². The van der Waals surface area contributed by atoms with Crippen molar-refractivity contribution in [1.29, 1.82) is 0 Å². The zero-order valence-electron chi connectivity index (χ0n) is 18.0. The van der Waals surface area contributed by atoms with Crippen LogP contribution in [-0.4, -0.2) is 26.4 Å². The van der Waals surface area contributed by atoms with Crippen LogP contribution in [0.4, 0.5) is 0 Å². The van der Waals surface area contributed by atoms with Crippen molar-refractivity contribution in [1.82, 2.24) is 0 Å². The van der Waals surface area contributed by atoms with E-state index in [0.29, 0.717) is 26.4 Å². The van der Waals surface area contributed by atoms with Crippen molar-refractivity contribution in [3.8, 4) is 0 Å². The number of hydrogen-bond donors (Lipinski definition) is 0. The Kier molecular flexibility index (Phi) is 29.0. The van der Waals surface area contributed by atoms with E-state index in [1.54, 1.807) is 27.7 Å². The van der Waals surface area contributed by atoms with Gasteiger partial charge in [0.05, 0.1) is 38.8 Å². The van der Waals surface area contributed by atoms with Gasteiger partial charge in [-0.2, -0.15) is 0 Å². The van der Waals surface area contributed by atoms with Gasteiger partial charge in [-0.05, 0) is 38.8 Å². The van der Waals surface area contributed by atoms with Crippen LogP contribution in [0.2, 0.25) is 0 Å². The summed E-state index contributed by atoms with van der Waals surface area (Å²) >= 11 is 0. The van der Waals surface area contributed by atoms with Crippen LogP contribution in [0.15, 0.2) is 24.3 Å². The van der Waals surface area contributed by atoms with E-state index in [1.165, 1.54) is 0 Å². The molecule has 0 saturated heterocycles. The fourth-order valence-electron chi connectivity index (χ4n) is 2.24. The van der Waals surface area contributed by atoms with Gasteiger partial charge in [0.15, 0.2) is 0 Å². The molecule has 0 radical (unpaired) electrons. The fraction of sp³-hybridized carbons (Fsp3) is 0.526. The number of hydrogen-bond acceptors (Lipinski definition) is 6. The Morgan fingerprint density at radius 1 is 0.613 bits per heavy atom. The van der Waals surface area contributed by atoms with E-state index in [0.717, 1.165) is 11.1 Å². The topological polar surface area (TPSA) is 131 Å². The quantitative estimate of drug-likeness (QED) is 0.217. The molecule has 31 heavy (non-hydrogen) atoms. The maximum atomic E-state index is 12.5. The third-order valence-corrected chi connectivity index (χ3v) is 7.19. The molecule has 0 saturated carbocycles. The van der Waals surface area contributed by atoms with Gasteiger partial charge >= 0.3 is 49.1 Å². The molecule has 9 nitrogen and oxygen atoms in total. The summed E-state index contributed by atoms with van der Waals surface area (Å²) in [6, 6.07) is 7.34. The SMILES string of the molecule is CCOP(=O)(Cc1ccc(CP(=O)(OCC)OCC)cc1)OCC.[C-]#[O+].[C-]#[O+].[C-]#[O+].[Cr]. The second kappa shape index (κ2) is 23.9. The third-order valence-electron chi connectivity index (χ3n) is 3.08. The second-order valence-electron chi connectivity index (χ2n) is 5.03. The summed E-state index contributed by atoms with van der Waals surface area (Å²) in [4.78, 5) is 0. The summed E-state index contributed by atoms with van der Waals surface area (Å²) in [5.74, 6) is 0. The van der Waals surface area contributed by atoms with Crippen LogP contribution in [0.3, 0.4) is 0 Å². The van der Waals surface area contributed by atoms with Crippen molar-refractivity contribution in [3.05, 3.63) is 55.3 Å². The Bertz CT molecular complexity index is 617. The molecule has 174 valence electrons. The molecule has 0 N–H and O–H groups in total. The van der Waals surface area contributed by atoms with Crippen molar-refractivity contribution in [2.75, 3.05) is 26.4 Å².